The van der Waals surface area contributed by atoms with Crippen LogP contribution in [0, 0.1) is 0 Å². The lowest BCUT2D eigenvalue weighted by atomic mass is 10.1. The van der Waals surface area contributed by atoms with Gasteiger partial charge in [-0.1, -0.05) is 30.3 Å². The van der Waals surface area contributed by atoms with E-state index in [1.165, 1.54) is 4.88 Å². The maximum atomic E-state index is 5.70. The van der Waals surface area contributed by atoms with Gasteiger partial charge in [0.25, 0.3) is 0 Å². The first-order chi connectivity index (χ1) is 10.3. The van der Waals surface area contributed by atoms with Gasteiger partial charge in [-0.2, -0.15) is 0 Å². The summed E-state index contributed by atoms with van der Waals surface area (Å²) in [4.78, 5) is 5.93. The number of benzene rings is 1. The maximum absolute atomic E-state index is 5.70. The van der Waals surface area contributed by atoms with Crippen LogP contribution in [0.3, 0.4) is 0 Å². The van der Waals surface area contributed by atoms with Crippen molar-refractivity contribution in [1.29, 1.82) is 0 Å². The molecule has 0 spiro atoms. The fraction of sp³-hybridized carbons (Fsp3) is 0.133. The van der Waals surface area contributed by atoms with E-state index in [1.54, 1.807) is 22.7 Å². The highest BCUT2D eigenvalue weighted by atomic mass is 79.9. The van der Waals surface area contributed by atoms with Crippen molar-refractivity contribution in [1.82, 2.24) is 10.4 Å². The van der Waals surface area contributed by atoms with Crippen molar-refractivity contribution in [2.24, 2.45) is 5.84 Å². The molecule has 0 amide bonds. The van der Waals surface area contributed by atoms with E-state index in [0.717, 1.165) is 26.5 Å². The van der Waals surface area contributed by atoms with E-state index in [0.29, 0.717) is 0 Å². The van der Waals surface area contributed by atoms with Crippen LogP contribution in [0.4, 0.5) is 0 Å². The van der Waals surface area contributed by atoms with Crippen molar-refractivity contribution in [3.8, 4) is 11.3 Å². The highest BCUT2D eigenvalue weighted by Gasteiger charge is 2.15. The zero-order chi connectivity index (χ0) is 14.7. The van der Waals surface area contributed by atoms with Crippen LogP contribution in [-0.4, -0.2) is 4.98 Å². The fourth-order valence-electron chi connectivity index (χ4n) is 2.08. The molecule has 0 bridgehead atoms. The van der Waals surface area contributed by atoms with E-state index in [9.17, 15) is 0 Å². The van der Waals surface area contributed by atoms with Crippen LogP contribution in [0.5, 0.6) is 0 Å². The van der Waals surface area contributed by atoms with Gasteiger partial charge in [-0.05, 0) is 28.1 Å². The fourth-order valence-corrected chi connectivity index (χ4v) is 4.41. The molecule has 3 aromatic rings. The first kappa shape index (κ1) is 14.9. The molecule has 1 atom stereocenters. The lowest BCUT2D eigenvalue weighted by Crippen LogP contribution is -2.28. The number of aromatic nitrogens is 1. The Kier molecular flexibility index (Phi) is 4.82. The molecule has 0 aliphatic rings. The molecule has 2 heterocycles. The zero-order valence-corrected chi connectivity index (χ0v) is 14.3. The largest absolute Gasteiger partial charge is 0.271 e. The molecule has 1 aromatic carbocycles. The minimum Gasteiger partial charge on any atom is -0.271 e. The topological polar surface area (TPSA) is 50.9 Å². The Morgan fingerprint density at radius 2 is 2.00 bits per heavy atom. The molecule has 2 aromatic heterocycles. The molecule has 3 N–H and O–H groups in total. The molecule has 1 unspecified atom stereocenters. The van der Waals surface area contributed by atoms with Crippen molar-refractivity contribution in [2.45, 2.75) is 12.5 Å². The number of thiazole rings is 1. The molecule has 108 valence electrons. The summed E-state index contributed by atoms with van der Waals surface area (Å²) in [6, 6.07) is 14.5. The molecule has 3 rings (SSSR count). The number of halogens is 1. The lowest BCUT2D eigenvalue weighted by Gasteiger charge is -2.12. The van der Waals surface area contributed by atoms with Crippen molar-refractivity contribution in [3.05, 3.63) is 61.5 Å². The third-order valence-corrected chi connectivity index (χ3v) is 5.75. The predicted octanol–water partition coefficient (Wildman–Crippen LogP) is 4.38. The maximum Gasteiger partial charge on any atom is 0.0952 e. The van der Waals surface area contributed by atoms with Gasteiger partial charge in [0.15, 0.2) is 0 Å². The van der Waals surface area contributed by atoms with Gasteiger partial charge in [0.1, 0.15) is 0 Å². The summed E-state index contributed by atoms with van der Waals surface area (Å²) >= 11 is 6.86. The Morgan fingerprint density at radius 3 is 2.67 bits per heavy atom. The molecule has 6 heteroatoms. The van der Waals surface area contributed by atoms with Gasteiger partial charge in [0, 0.05) is 22.2 Å². The molecule has 0 fully saturated rings. The van der Waals surface area contributed by atoms with E-state index in [2.05, 4.69) is 44.9 Å². The second-order valence-corrected chi connectivity index (χ2v) is 8.00. The first-order valence-electron chi connectivity index (χ1n) is 6.47. The highest BCUT2D eigenvalue weighted by Crippen LogP contribution is 2.30. The van der Waals surface area contributed by atoms with Crippen LogP contribution < -0.4 is 11.3 Å². The predicted molar refractivity (Wildman–Crippen MR) is 93.3 cm³/mol. The number of nitrogens with one attached hydrogen (secondary N) is 1. The van der Waals surface area contributed by atoms with Crippen LogP contribution in [0.1, 0.15) is 15.9 Å². The number of nitrogens with zero attached hydrogens (tertiary/aromatic N) is 1. The van der Waals surface area contributed by atoms with E-state index < -0.39 is 0 Å². The first-order valence-corrected chi connectivity index (χ1v) is 8.96. The van der Waals surface area contributed by atoms with Gasteiger partial charge < -0.3 is 0 Å². The van der Waals surface area contributed by atoms with Crippen LogP contribution in [0.2, 0.25) is 0 Å². The van der Waals surface area contributed by atoms with Gasteiger partial charge >= 0.3 is 0 Å². The van der Waals surface area contributed by atoms with Crippen molar-refractivity contribution in [3.63, 3.8) is 0 Å². The van der Waals surface area contributed by atoms with Crippen LogP contribution >= 0.6 is 38.6 Å². The average molecular weight is 380 g/mol. The van der Waals surface area contributed by atoms with Gasteiger partial charge in [0.05, 0.1) is 20.5 Å². The van der Waals surface area contributed by atoms with Gasteiger partial charge in [-0.3, -0.25) is 11.3 Å². The van der Waals surface area contributed by atoms with Crippen LogP contribution in [-0.2, 0) is 6.42 Å². The quantitative estimate of drug-likeness (QED) is 0.510. The van der Waals surface area contributed by atoms with Gasteiger partial charge in [-0.15, -0.1) is 22.7 Å². The number of nitrogens with two attached hydrogens (primary N) is 1. The van der Waals surface area contributed by atoms with E-state index in [1.807, 2.05) is 24.3 Å². The number of hydrogen-bond donors (Lipinski definition) is 2. The van der Waals surface area contributed by atoms with E-state index in [4.69, 9.17) is 10.8 Å². The SMILES string of the molecule is NNC(Cc1nc(-c2ccccc2)cs1)c1ccc(Br)s1. The third-order valence-electron chi connectivity index (χ3n) is 3.14. The second-order valence-electron chi connectivity index (χ2n) is 4.56. The molecular weight excluding hydrogens is 366 g/mol. The summed E-state index contributed by atoms with van der Waals surface area (Å²) in [6.07, 6.45) is 0.793. The minimum atomic E-state index is 0.0936. The van der Waals surface area contributed by atoms with Gasteiger partial charge in [-0.25, -0.2) is 4.98 Å². The molecule has 0 saturated heterocycles. The summed E-state index contributed by atoms with van der Waals surface area (Å²) in [5, 5.41) is 3.18. The smallest absolute Gasteiger partial charge is 0.0952 e. The zero-order valence-electron chi connectivity index (χ0n) is 11.1. The highest BCUT2D eigenvalue weighted by molar-refractivity contribution is 9.11. The molecule has 0 saturated carbocycles. The second kappa shape index (κ2) is 6.81. The minimum absolute atomic E-state index is 0.0936. The van der Waals surface area contributed by atoms with Crippen LogP contribution in [0.15, 0.2) is 51.6 Å². The summed E-state index contributed by atoms with van der Waals surface area (Å²) in [7, 11) is 0. The standard InChI is InChI=1S/C15H14BrN3S2/c16-14-7-6-13(21-14)11(19-17)8-15-18-12(9-20-15)10-4-2-1-3-5-10/h1-7,9,11,19H,8,17H2. The molecule has 21 heavy (non-hydrogen) atoms. The van der Waals surface area contributed by atoms with Crippen molar-refractivity contribution >= 4 is 38.6 Å². The van der Waals surface area contributed by atoms with Crippen molar-refractivity contribution in [2.75, 3.05) is 0 Å². The number of rotatable bonds is 5. The Bertz CT molecular complexity index is 709. The molecule has 0 radical (unpaired) electrons. The molecule has 0 aliphatic carbocycles. The lowest BCUT2D eigenvalue weighted by molar-refractivity contribution is 0.559. The molecule has 3 nitrogen and oxygen atoms in total. The average Bonchev–Trinajstić information content (AvgIpc) is 3.15. The Labute approximate surface area is 140 Å². The summed E-state index contributed by atoms with van der Waals surface area (Å²) in [6.45, 7) is 0. The normalized spacial score (nSPS) is 12.5. The Balaban J connectivity index is 1.77. The number of thiophene rings is 1. The van der Waals surface area contributed by atoms with E-state index >= 15 is 0 Å². The van der Waals surface area contributed by atoms with Crippen molar-refractivity contribution < 1.29 is 0 Å². The number of hydrogen-bond acceptors (Lipinski definition) is 5. The monoisotopic (exact) mass is 379 g/mol. The summed E-state index contributed by atoms with van der Waals surface area (Å²) in [5.74, 6) is 5.70. The van der Waals surface area contributed by atoms with E-state index in [-0.39, 0.29) is 6.04 Å². The molecule has 0 aliphatic heterocycles. The Hall–Kier alpha value is -1.05. The third kappa shape index (κ3) is 3.59. The number of hydrazine groups is 1. The van der Waals surface area contributed by atoms with Crippen LogP contribution in [0.25, 0.3) is 11.3 Å². The molecular formula is C15H14BrN3S2. The Morgan fingerprint density at radius 1 is 1.19 bits per heavy atom. The van der Waals surface area contributed by atoms with Gasteiger partial charge in [0.2, 0.25) is 0 Å². The summed E-state index contributed by atoms with van der Waals surface area (Å²) < 4.78 is 1.11. The summed E-state index contributed by atoms with van der Waals surface area (Å²) in [5.41, 5.74) is 5.06.